The number of aliphatic hydroxyl groups is 2. The summed E-state index contributed by atoms with van der Waals surface area (Å²) in [6.07, 6.45) is -0.755. The Balaban J connectivity index is 2.52. The first-order chi connectivity index (χ1) is 8.85. The summed E-state index contributed by atoms with van der Waals surface area (Å²) in [4.78, 5) is 11.7. The lowest BCUT2D eigenvalue weighted by Gasteiger charge is -2.22. The van der Waals surface area contributed by atoms with E-state index in [2.05, 4.69) is 5.32 Å². The summed E-state index contributed by atoms with van der Waals surface area (Å²) in [6, 6.07) is 6.84. The molecule has 1 aromatic rings. The van der Waals surface area contributed by atoms with Gasteiger partial charge in [0.1, 0.15) is 11.4 Å². The fourth-order valence-electron chi connectivity index (χ4n) is 1.26. The Bertz CT molecular complexity index is 436. The Morgan fingerprint density at radius 2 is 2.16 bits per heavy atom. The van der Waals surface area contributed by atoms with Crippen LogP contribution in [0.2, 0.25) is 5.02 Å². The number of nitrogens with one attached hydrogen (secondary N) is 1. The smallest absolute Gasteiger partial charge is 0.260 e. The lowest BCUT2D eigenvalue weighted by Crippen LogP contribution is -2.46. The molecule has 0 fully saturated rings. The van der Waals surface area contributed by atoms with Gasteiger partial charge in [-0.2, -0.15) is 0 Å². The van der Waals surface area contributed by atoms with Gasteiger partial charge in [0.25, 0.3) is 5.91 Å². The number of halogens is 1. The number of amides is 1. The average Bonchev–Trinajstić information content (AvgIpc) is 2.38. The zero-order valence-electron chi connectivity index (χ0n) is 10.9. The van der Waals surface area contributed by atoms with Crippen LogP contribution in [0.15, 0.2) is 24.3 Å². The minimum Gasteiger partial charge on any atom is -0.479 e. The highest BCUT2D eigenvalue weighted by Gasteiger charge is 2.22. The van der Waals surface area contributed by atoms with E-state index in [-0.39, 0.29) is 6.54 Å². The highest BCUT2D eigenvalue weighted by atomic mass is 35.5. The van der Waals surface area contributed by atoms with Crippen LogP contribution in [-0.2, 0) is 4.79 Å². The molecular weight excluding hydrogens is 270 g/mol. The maximum atomic E-state index is 11.7. The van der Waals surface area contributed by atoms with Crippen LogP contribution in [0.25, 0.3) is 0 Å². The molecule has 0 radical (unpaired) electrons. The molecule has 6 heteroatoms. The van der Waals surface area contributed by atoms with E-state index in [4.69, 9.17) is 21.4 Å². The van der Waals surface area contributed by atoms with Crippen molar-refractivity contribution in [1.82, 2.24) is 5.32 Å². The maximum Gasteiger partial charge on any atom is 0.260 e. The van der Waals surface area contributed by atoms with Crippen molar-refractivity contribution >= 4 is 17.5 Å². The third-order valence-corrected chi connectivity index (χ3v) is 2.81. The first kappa shape index (κ1) is 15.8. The summed E-state index contributed by atoms with van der Waals surface area (Å²) in [5, 5.41) is 21.3. The van der Waals surface area contributed by atoms with E-state index in [9.17, 15) is 9.90 Å². The van der Waals surface area contributed by atoms with Crippen LogP contribution in [0.5, 0.6) is 5.75 Å². The van der Waals surface area contributed by atoms with E-state index in [0.29, 0.717) is 10.8 Å². The number of carbonyl (C=O) groups is 1. The molecule has 106 valence electrons. The lowest BCUT2D eigenvalue weighted by molar-refractivity contribution is -0.128. The fraction of sp³-hybridized carbons (Fsp3) is 0.462. The number of carbonyl (C=O) groups excluding carboxylic acids is 1. The van der Waals surface area contributed by atoms with E-state index in [1.54, 1.807) is 31.2 Å². The van der Waals surface area contributed by atoms with E-state index in [1.165, 1.54) is 6.92 Å². The van der Waals surface area contributed by atoms with Crippen molar-refractivity contribution in [1.29, 1.82) is 0 Å². The Hall–Kier alpha value is -1.30. The number of rotatable bonds is 6. The zero-order valence-corrected chi connectivity index (χ0v) is 11.6. The molecule has 1 rings (SSSR count). The van der Waals surface area contributed by atoms with Gasteiger partial charge in [-0.25, -0.2) is 0 Å². The number of hydrogen-bond donors (Lipinski definition) is 3. The predicted molar refractivity (Wildman–Crippen MR) is 72.3 cm³/mol. The normalized spacial score (nSPS) is 15.4. The van der Waals surface area contributed by atoms with Gasteiger partial charge < -0.3 is 20.3 Å². The van der Waals surface area contributed by atoms with Crippen molar-refractivity contribution in [3.63, 3.8) is 0 Å². The molecule has 1 aromatic carbocycles. The van der Waals surface area contributed by atoms with E-state index in [0.717, 1.165) is 0 Å². The molecule has 0 spiro atoms. The van der Waals surface area contributed by atoms with Gasteiger partial charge in [0.2, 0.25) is 0 Å². The summed E-state index contributed by atoms with van der Waals surface area (Å²) in [5.41, 5.74) is -1.35. The van der Waals surface area contributed by atoms with Crippen molar-refractivity contribution in [2.75, 3.05) is 13.2 Å². The van der Waals surface area contributed by atoms with Gasteiger partial charge in [-0.05, 0) is 26.0 Å². The Morgan fingerprint density at radius 1 is 1.53 bits per heavy atom. The van der Waals surface area contributed by atoms with Crippen molar-refractivity contribution < 1.29 is 19.7 Å². The minimum absolute atomic E-state index is 0.0570. The molecule has 0 saturated carbocycles. The first-order valence-corrected chi connectivity index (χ1v) is 6.25. The molecule has 0 aliphatic heterocycles. The molecule has 0 aliphatic carbocycles. The highest BCUT2D eigenvalue weighted by Crippen LogP contribution is 2.24. The standard InChI is InChI=1S/C13H18ClNO4/c1-9(12(17)15-7-13(2,18)8-16)19-11-6-4-3-5-10(11)14/h3-6,9,16,18H,7-8H2,1-2H3,(H,15,17). The van der Waals surface area contributed by atoms with Gasteiger partial charge in [-0.1, -0.05) is 23.7 Å². The van der Waals surface area contributed by atoms with Crippen molar-refractivity contribution in [3.8, 4) is 5.75 Å². The largest absolute Gasteiger partial charge is 0.479 e. The molecule has 3 N–H and O–H groups in total. The second-order valence-corrected chi connectivity index (χ2v) is 4.97. The molecule has 2 atom stereocenters. The average molecular weight is 288 g/mol. The van der Waals surface area contributed by atoms with Crippen molar-refractivity contribution in [3.05, 3.63) is 29.3 Å². The van der Waals surface area contributed by atoms with Crippen LogP contribution >= 0.6 is 11.6 Å². The third-order valence-electron chi connectivity index (χ3n) is 2.49. The first-order valence-electron chi connectivity index (χ1n) is 5.88. The Labute approximate surface area is 117 Å². The monoisotopic (exact) mass is 287 g/mol. The van der Waals surface area contributed by atoms with E-state index >= 15 is 0 Å². The SMILES string of the molecule is CC(Oc1ccccc1Cl)C(=O)NCC(C)(O)CO. The van der Waals surface area contributed by atoms with Gasteiger partial charge in [0.15, 0.2) is 6.10 Å². The summed E-state index contributed by atoms with van der Waals surface area (Å²) < 4.78 is 5.42. The minimum atomic E-state index is -1.35. The summed E-state index contributed by atoms with van der Waals surface area (Å²) in [6.45, 7) is 2.50. The second-order valence-electron chi connectivity index (χ2n) is 4.56. The molecule has 19 heavy (non-hydrogen) atoms. The summed E-state index contributed by atoms with van der Waals surface area (Å²) in [7, 11) is 0. The molecule has 0 aromatic heterocycles. The third kappa shape index (κ3) is 5.06. The maximum absolute atomic E-state index is 11.7. The number of hydrogen-bond acceptors (Lipinski definition) is 4. The van der Waals surface area contributed by atoms with Gasteiger partial charge in [-0.15, -0.1) is 0 Å². The van der Waals surface area contributed by atoms with Crippen LogP contribution in [-0.4, -0.2) is 41.0 Å². The van der Waals surface area contributed by atoms with Crippen LogP contribution < -0.4 is 10.1 Å². The molecule has 0 bridgehead atoms. The molecule has 0 saturated heterocycles. The van der Waals surface area contributed by atoms with E-state index in [1.807, 2.05) is 0 Å². The Kier molecular flexibility index (Phi) is 5.60. The molecular formula is C13H18ClNO4. The zero-order chi connectivity index (χ0) is 14.5. The molecule has 2 unspecified atom stereocenters. The van der Waals surface area contributed by atoms with Crippen molar-refractivity contribution in [2.45, 2.75) is 25.6 Å². The van der Waals surface area contributed by atoms with Crippen LogP contribution in [0, 0.1) is 0 Å². The number of ether oxygens (including phenoxy) is 1. The van der Waals surface area contributed by atoms with Gasteiger partial charge in [0.05, 0.1) is 11.6 Å². The Morgan fingerprint density at radius 3 is 2.74 bits per heavy atom. The molecule has 0 heterocycles. The quantitative estimate of drug-likeness (QED) is 0.728. The topological polar surface area (TPSA) is 78.8 Å². The van der Waals surface area contributed by atoms with Gasteiger partial charge in [-0.3, -0.25) is 4.79 Å². The molecule has 5 nitrogen and oxygen atoms in total. The lowest BCUT2D eigenvalue weighted by atomic mass is 10.1. The van der Waals surface area contributed by atoms with Crippen LogP contribution in [0.3, 0.4) is 0 Å². The summed E-state index contributed by atoms with van der Waals surface area (Å²) in [5.74, 6) is 0.0226. The van der Waals surface area contributed by atoms with Gasteiger partial charge in [0, 0.05) is 6.54 Å². The number of aliphatic hydroxyl groups excluding tert-OH is 1. The highest BCUT2D eigenvalue weighted by molar-refractivity contribution is 6.32. The second kappa shape index (κ2) is 6.75. The van der Waals surface area contributed by atoms with Crippen LogP contribution in [0.1, 0.15) is 13.8 Å². The van der Waals surface area contributed by atoms with Crippen LogP contribution in [0.4, 0.5) is 0 Å². The summed E-state index contributed by atoms with van der Waals surface area (Å²) >= 11 is 5.92. The van der Waals surface area contributed by atoms with E-state index < -0.39 is 24.2 Å². The van der Waals surface area contributed by atoms with Gasteiger partial charge >= 0.3 is 0 Å². The van der Waals surface area contributed by atoms with Crippen molar-refractivity contribution in [2.24, 2.45) is 0 Å². The number of benzene rings is 1. The predicted octanol–water partition coefficient (Wildman–Crippen LogP) is 0.967. The molecule has 0 aliphatic rings. The fourth-order valence-corrected chi connectivity index (χ4v) is 1.44. The number of para-hydroxylation sites is 1. The molecule has 1 amide bonds.